The first-order valence-corrected chi connectivity index (χ1v) is 9.75. The van der Waals surface area contributed by atoms with Crippen LogP contribution in [0, 0.1) is 23.7 Å². The summed E-state index contributed by atoms with van der Waals surface area (Å²) in [5.41, 5.74) is 0. The fourth-order valence-electron chi connectivity index (χ4n) is 5.07. The Morgan fingerprint density at radius 1 is 0.524 bits per heavy atom. The Labute approximate surface area is 133 Å². The van der Waals surface area contributed by atoms with E-state index in [4.69, 9.17) is 7.85 Å². The van der Waals surface area contributed by atoms with Gasteiger partial charge in [-0.3, -0.25) is 0 Å². The molecule has 0 heterocycles. The predicted molar refractivity (Wildman–Crippen MR) is 92.6 cm³/mol. The minimum absolute atomic E-state index is 0.487. The Balaban J connectivity index is 1.39. The lowest BCUT2D eigenvalue weighted by Crippen LogP contribution is -2.23. The SMILES string of the molecule is [B]C1CCC(C=CC2CCC(C3CCCCC3)CC2)CC1. The van der Waals surface area contributed by atoms with E-state index in [9.17, 15) is 0 Å². The minimum atomic E-state index is 0.487. The molecule has 3 aliphatic rings. The zero-order valence-corrected chi connectivity index (χ0v) is 13.8. The summed E-state index contributed by atoms with van der Waals surface area (Å²) in [4.78, 5) is 0. The van der Waals surface area contributed by atoms with E-state index in [1.807, 2.05) is 0 Å². The highest BCUT2D eigenvalue weighted by atomic mass is 14.3. The third-order valence-electron chi connectivity index (χ3n) is 6.60. The van der Waals surface area contributed by atoms with Crippen molar-refractivity contribution in [3.63, 3.8) is 0 Å². The lowest BCUT2D eigenvalue weighted by atomic mass is 9.70. The van der Waals surface area contributed by atoms with E-state index in [1.54, 1.807) is 0 Å². The summed E-state index contributed by atoms with van der Waals surface area (Å²) in [7, 11) is 6.00. The molecule has 0 atom stereocenters. The van der Waals surface area contributed by atoms with Gasteiger partial charge in [-0.05, 0) is 62.2 Å². The van der Waals surface area contributed by atoms with Gasteiger partial charge in [-0.1, -0.05) is 62.9 Å². The van der Waals surface area contributed by atoms with Gasteiger partial charge < -0.3 is 0 Å². The minimum Gasteiger partial charge on any atom is -0.0851 e. The monoisotopic (exact) mass is 284 g/mol. The van der Waals surface area contributed by atoms with E-state index in [0.29, 0.717) is 5.82 Å². The Kier molecular flexibility index (Phi) is 5.89. The second-order valence-electron chi connectivity index (χ2n) is 8.13. The van der Waals surface area contributed by atoms with Crippen LogP contribution in [0.5, 0.6) is 0 Å². The maximum Gasteiger partial charge on any atom is 0.0699 e. The molecule has 0 aliphatic heterocycles. The Morgan fingerprint density at radius 2 is 1.00 bits per heavy atom. The molecule has 1 heteroatoms. The first-order chi connectivity index (χ1) is 10.3. The van der Waals surface area contributed by atoms with Gasteiger partial charge in [0.05, 0.1) is 7.85 Å². The van der Waals surface area contributed by atoms with Crippen molar-refractivity contribution in [3.05, 3.63) is 12.2 Å². The maximum atomic E-state index is 6.00. The normalized spacial score (nSPS) is 39.6. The van der Waals surface area contributed by atoms with Gasteiger partial charge in [0.2, 0.25) is 0 Å². The molecule has 3 fully saturated rings. The summed E-state index contributed by atoms with van der Waals surface area (Å²) in [6, 6.07) is 0. The molecule has 3 saturated carbocycles. The molecule has 0 amide bonds. The van der Waals surface area contributed by atoms with Crippen molar-refractivity contribution in [3.8, 4) is 0 Å². The summed E-state index contributed by atoms with van der Waals surface area (Å²) >= 11 is 0. The second kappa shape index (κ2) is 7.88. The van der Waals surface area contributed by atoms with Crippen molar-refractivity contribution in [1.82, 2.24) is 0 Å². The highest BCUT2D eigenvalue weighted by Gasteiger charge is 2.27. The zero-order valence-electron chi connectivity index (χ0n) is 13.8. The Morgan fingerprint density at radius 3 is 1.57 bits per heavy atom. The van der Waals surface area contributed by atoms with Crippen LogP contribution < -0.4 is 0 Å². The molecule has 0 bridgehead atoms. The molecular weight excluding hydrogens is 251 g/mol. The summed E-state index contributed by atoms with van der Waals surface area (Å²) in [6.45, 7) is 0. The van der Waals surface area contributed by atoms with Gasteiger partial charge in [-0.2, -0.15) is 0 Å². The van der Waals surface area contributed by atoms with Gasteiger partial charge in [0.15, 0.2) is 0 Å². The zero-order chi connectivity index (χ0) is 14.5. The average Bonchev–Trinajstić information content (AvgIpc) is 2.56. The lowest BCUT2D eigenvalue weighted by molar-refractivity contribution is 0.180. The molecule has 0 nitrogen and oxygen atoms in total. The van der Waals surface area contributed by atoms with Crippen LogP contribution in [0.25, 0.3) is 0 Å². The fraction of sp³-hybridized carbons (Fsp3) is 0.900. The first kappa shape index (κ1) is 15.7. The molecule has 0 N–H and O–H groups in total. The molecular formula is C20H33B. The molecule has 3 aliphatic carbocycles. The van der Waals surface area contributed by atoms with E-state index in [2.05, 4.69) is 12.2 Å². The summed E-state index contributed by atoms with van der Waals surface area (Å²) in [5, 5.41) is 0. The fourth-order valence-corrected chi connectivity index (χ4v) is 5.07. The standard InChI is InChI=1S/C20H33B/c21-20-14-10-17(11-15-20)7-6-16-8-12-19(13-9-16)18-4-2-1-3-5-18/h6-7,16-20H,1-5,8-15H2. The molecule has 0 unspecified atom stereocenters. The van der Waals surface area contributed by atoms with Crippen molar-refractivity contribution >= 4 is 7.85 Å². The van der Waals surface area contributed by atoms with Crippen molar-refractivity contribution in [2.45, 2.75) is 89.3 Å². The maximum absolute atomic E-state index is 6.00. The van der Waals surface area contributed by atoms with Gasteiger partial charge in [-0.15, -0.1) is 0 Å². The second-order valence-corrected chi connectivity index (χ2v) is 8.13. The average molecular weight is 284 g/mol. The van der Waals surface area contributed by atoms with E-state index in [-0.39, 0.29) is 0 Å². The molecule has 3 rings (SSSR count). The molecule has 0 aromatic rings. The van der Waals surface area contributed by atoms with E-state index >= 15 is 0 Å². The van der Waals surface area contributed by atoms with Crippen molar-refractivity contribution < 1.29 is 0 Å². The van der Waals surface area contributed by atoms with E-state index < -0.39 is 0 Å². The van der Waals surface area contributed by atoms with Gasteiger partial charge in [-0.25, -0.2) is 0 Å². The molecule has 2 radical (unpaired) electrons. The molecule has 116 valence electrons. The van der Waals surface area contributed by atoms with Gasteiger partial charge >= 0.3 is 0 Å². The van der Waals surface area contributed by atoms with E-state index in [0.717, 1.165) is 23.7 Å². The van der Waals surface area contributed by atoms with Crippen molar-refractivity contribution in [2.24, 2.45) is 23.7 Å². The first-order valence-electron chi connectivity index (χ1n) is 9.75. The summed E-state index contributed by atoms with van der Waals surface area (Å²) < 4.78 is 0. The van der Waals surface area contributed by atoms with Crippen LogP contribution in [0.4, 0.5) is 0 Å². The third-order valence-corrected chi connectivity index (χ3v) is 6.60. The lowest BCUT2D eigenvalue weighted by Gasteiger charge is -2.35. The topological polar surface area (TPSA) is 0 Å². The number of rotatable bonds is 3. The molecule has 0 saturated heterocycles. The van der Waals surface area contributed by atoms with Crippen LogP contribution in [-0.4, -0.2) is 7.85 Å². The Hall–Kier alpha value is -0.195. The molecule has 0 aromatic heterocycles. The van der Waals surface area contributed by atoms with Gasteiger partial charge in [0.1, 0.15) is 0 Å². The number of hydrogen-bond donors (Lipinski definition) is 0. The summed E-state index contributed by atoms with van der Waals surface area (Å²) in [5.74, 6) is 4.37. The molecule has 0 aromatic carbocycles. The van der Waals surface area contributed by atoms with Crippen LogP contribution in [-0.2, 0) is 0 Å². The predicted octanol–water partition coefficient (Wildman–Crippen LogP) is 6.08. The quantitative estimate of drug-likeness (QED) is 0.435. The van der Waals surface area contributed by atoms with Gasteiger partial charge in [0, 0.05) is 0 Å². The van der Waals surface area contributed by atoms with Crippen LogP contribution >= 0.6 is 0 Å². The molecule has 0 spiro atoms. The third kappa shape index (κ3) is 4.63. The summed E-state index contributed by atoms with van der Waals surface area (Å²) in [6.07, 6.45) is 23.8. The van der Waals surface area contributed by atoms with Crippen LogP contribution in [0.1, 0.15) is 83.5 Å². The van der Waals surface area contributed by atoms with Gasteiger partial charge in [0.25, 0.3) is 0 Å². The van der Waals surface area contributed by atoms with E-state index in [1.165, 1.54) is 83.5 Å². The van der Waals surface area contributed by atoms with Crippen LogP contribution in [0.2, 0.25) is 5.82 Å². The van der Waals surface area contributed by atoms with Crippen LogP contribution in [0.15, 0.2) is 12.2 Å². The largest absolute Gasteiger partial charge is 0.0851 e. The van der Waals surface area contributed by atoms with Crippen LogP contribution in [0.3, 0.4) is 0 Å². The number of hydrogen-bond acceptors (Lipinski definition) is 0. The van der Waals surface area contributed by atoms with Crippen molar-refractivity contribution in [2.75, 3.05) is 0 Å². The Bertz CT molecular complexity index is 313. The highest BCUT2D eigenvalue weighted by molar-refractivity contribution is 6.11. The smallest absolute Gasteiger partial charge is 0.0699 e. The molecule has 21 heavy (non-hydrogen) atoms. The van der Waals surface area contributed by atoms with Crippen molar-refractivity contribution in [1.29, 1.82) is 0 Å². The highest BCUT2D eigenvalue weighted by Crippen LogP contribution is 2.40. The number of allylic oxidation sites excluding steroid dienone is 2.